The molecule has 0 spiro atoms. The molecule has 3 rings (SSSR count). The van der Waals surface area contributed by atoms with E-state index >= 15 is 0 Å². The topological polar surface area (TPSA) is 81.5 Å². The molecular formula is C19H20N2O4. The molecule has 0 aliphatic carbocycles. The number of hydrogen-bond donors (Lipinski definition) is 1. The molecule has 0 aliphatic heterocycles. The molecule has 3 aromatic rings. The van der Waals surface area contributed by atoms with Crippen molar-refractivity contribution in [2.24, 2.45) is 0 Å². The maximum absolute atomic E-state index is 10.6. The molecule has 0 unspecified atom stereocenters. The number of carboxylic acids is 1. The average molecular weight is 340 g/mol. The Balaban J connectivity index is 1.94. The van der Waals surface area contributed by atoms with Crippen LogP contribution in [-0.4, -0.2) is 34.3 Å². The van der Waals surface area contributed by atoms with Crippen molar-refractivity contribution < 1.29 is 19.4 Å². The molecule has 1 N–H and O–H groups in total. The van der Waals surface area contributed by atoms with Gasteiger partial charge in [0.05, 0.1) is 13.2 Å². The van der Waals surface area contributed by atoms with Crippen LogP contribution in [0, 0.1) is 0 Å². The molecule has 130 valence electrons. The molecule has 6 heteroatoms. The number of fused-ring (bicyclic) bond motifs is 3. The number of carbonyl (C=O) groups is 1. The van der Waals surface area contributed by atoms with Gasteiger partial charge in [0.1, 0.15) is 22.5 Å². The van der Waals surface area contributed by atoms with Gasteiger partial charge in [-0.25, -0.2) is 0 Å². The summed E-state index contributed by atoms with van der Waals surface area (Å²) in [5.41, 5.74) is 1.51. The zero-order chi connectivity index (χ0) is 17.6. The molecule has 1 aromatic carbocycles. The summed E-state index contributed by atoms with van der Waals surface area (Å²) >= 11 is 0. The number of nitrogens with zero attached hydrogens (tertiary/aromatic N) is 2. The van der Waals surface area contributed by atoms with Gasteiger partial charge in [-0.2, -0.15) is 0 Å². The summed E-state index contributed by atoms with van der Waals surface area (Å²) in [6, 6.07) is 7.54. The molecule has 0 amide bonds. The number of aromatic nitrogens is 2. The predicted octanol–water partition coefficient (Wildman–Crippen LogP) is 3.82. The minimum Gasteiger partial charge on any atom is -0.493 e. The van der Waals surface area contributed by atoms with Crippen molar-refractivity contribution in [3.63, 3.8) is 0 Å². The van der Waals surface area contributed by atoms with Gasteiger partial charge in [-0.3, -0.25) is 14.8 Å². The third-order valence-electron chi connectivity index (χ3n) is 3.80. The van der Waals surface area contributed by atoms with Gasteiger partial charge >= 0.3 is 5.97 Å². The highest BCUT2D eigenvalue weighted by atomic mass is 16.5. The van der Waals surface area contributed by atoms with E-state index < -0.39 is 5.97 Å². The van der Waals surface area contributed by atoms with E-state index in [0.717, 1.165) is 34.0 Å². The summed E-state index contributed by atoms with van der Waals surface area (Å²) in [5.74, 6) is 0.653. The van der Waals surface area contributed by atoms with E-state index in [0.29, 0.717) is 25.4 Å². The van der Waals surface area contributed by atoms with E-state index in [1.807, 2.05) is 18.2 Å². The van der Waals surface area contributed by atoms with Crippen LogP contribution < -0.4 is 9.47 Å². The lowest BCUT2D eigenvalue weighted by molar-refractivity contribution is -0.137. The Morgan fingerprint density at radius 2 is 1.52 bits per heavy atom. The van der Waals surface area contributed by atoms with E-state index in [4.69, 9.17) is 14.6 Å². The second-order valence-electron chi connectivity index (χ2n) is 5.67. The van der Waals surface area contributed by atoms with Crippen LogP contribution in [0.3, 0.4) is 0 Å². The summed E-state index contributed by atoms with van der Waals surface area (Å²) in [4.78, 5) is 19.5. The predicted molar refractivity (Wildman–Crippen MR) is 95.2 cm³/mol. The fourth-order valence-electron chi connectivity index (χ4n) is 2.65. The van der Waals surface area contributed by atoms with Crippen molar-refractivity contribution in [2.45, 2.75) is 26.2 Å². The minimum atomic E-state index is -0.821. The Hall–Kier alpha value is -2.89. The minimum absolute atomic E-state index is 0.0889. The van der Waals surface area contributed by atoms with Crippen molar-refractivity contribution in [1.29, 1.82) is 0 Å². The van der Waals surface area contributed by atoms with Gasteiger partial charge < -0.3 is 14.6 Å². The maximum atomic E-state index is 10.6. The first kappa shape index (κ1) is 17.0. The normalized spacial score (nSPS) is 10.9. The molecule has 0 saturated carbocycles. The Kier molecular flexibility index (Phi) is 5.28. The standard InChI is InChI=1S/C19H20N2O4/c1-2-11-24-15-7-9-20-18-13(15)5-6-14-16(8-10-21-19(14)18)25-12-3-4-17(22)23/h5-10H,2-4,11-12H2,1H3,(H,22,23). The zero-order valence-corrected chi connectivity index (χ0v) is 14.1. The number of ether oxygens (including phenoxy) is 2. The number of benzene rings is 1. The van der Waals surface area contributed by atoms with Gasteiger partial charge in [0, 0.05) is 29.6 Å². The molecule has 2 aromatic heterocycles. The number of pyridine rings is 2. The van der Waals surface area contributed by atoms with Gasteiger partial charge in [0.2, 0.25) is 0 Å². The van der Waals surface area contributed by atoms with Crippen LogP contribution in [0.15, 0.2) is 36.7 Å². The lowest BCUT2D eigenvalue weighted by atomic mass is 10.1. The van der Waals surface area contributed by atoms with Gasteiger partial charge in [-0.15, -0.1) is 0 Å². The van der Waals surface area contributed by atoms with Crippen molar-refractivity contribution in [3.05, 3.63) is 36.7 Å². The zero-order valence-electron chi connectivity index (χ0n) is 14.1. The Labute approximate surface area is 145 Å². The van der Waals surface area contributed by atoms with Gasteiger partial charge in [-0.1, -0.05) is 6.92 Å². The van der Waals surface area contributed by atoms with E-state index in [-0.39, 0.29) is 6.42 Å². The Morgan fingerprint density at radius 1 is 0.960 bits per heavy atom. The molecule has 0 radical (unpaired) electrons. The van der Waals surface area contributed by atoms with Crippen LogP contribution in [0.25, 0.3) is 21.8 Å². The highest BCUT2D eigenvalue weighted by molar-refractivity contribution is 6.06. The van der Waals surface area contributed by atoms with E-state index in [1.54, 1.807) is 18.5 Å². The number of aliphatic carboxylic acids is 1. The average Bonchev–Trinajstić information content (AvgIpc) is 2.63. The fraction of sp³-hybridized carbons (Fsp3) is 0.316. The van der Waals surface area contributed by atoms with Crippen LogP contribution in [0.1, 0.15) is 26.2 Å². The van der Waals surface area contributed by atoms with Gasteiger partial charge in [-0.05, 0) is 37.1 Å². The van der Waals surface area contributed by atoms with Crippen molar-refractivity contribution in [1.82, 2.24) is 9.97 Å². The number of rotatable bonds is 8. The van der Waals surface area contributed by atoms with E-state index in [9.17, 15) is 4.79 Å². The molecule has 2 heterocycles. The third-order valence-corrected chi connectivity index (χ3v) is 3.80. The molecule has 0 fully saturated rings. The van der Waals surface area contributed by atoms with E-state index in [1.165, 1.54) is 0 Å². The van der Waals surface area contributed by atoms with Crippen molar-refractivity contribution in [3.8, 4) is 11.5 Å². The van der Waals surface area contributed by atoms with Crippen LogP contribution in [0.4, 0.5) is 0 Å². The first-order chi connectivity index (χ1) is 12.2. The molecule has 0 aliphatic rings. The first-order valence-corrected chi connectivity index (χ1v) is 8.34. The summed E-state index contributed by atoms with van der Waals surface area (Å²) in [7, 11) is 0. The SMILES string of the molecule is CCCOc1ccnc2c1ccc1c(OCCCC(=O)O)ccnc12. The van der Waals surface area contributed by atoms with Gasteiger partial charge in [0.15, 0.2) is 0 Å². The Bertz CT molecular complexity index is 895. The largest absolute Gasteiger partial charge is 0.493 e. The molecule has 0 saturated heterocycles. The summed E-state index contributed by atoms with van der Waals surface area (Å²) < 4.78 is 11.5. The van der Waals surface area contributed by atoms with Gasteiger partial charge in [0.25, 0.3) is 0 Å². The monoisotopic (exact) mass is 340 g/mol. The lowest BCUT2D eigenvalue weighted by Gasteiger charge is -2.12. The van der Waals surface area contributed by atoms with Crippen molar-refractivity contribution >= 4 is 27.8 Å². The Morgan fingerprint density at radius 3 is 2.04 bits per heavy atom. The molecule has 0 atom stereocenters. The first-order valence-electron chi connectivity index (χ1n) is 8.34. The summed E-state index contributed by atoms with van der Waals surface area (Å²) in [6.07, 6.45) is 4.87. The van der Waals surface area contributed by atoms with E-state index in [2.05, 4.69) is 16.9 Å². The second-order valence-corrected chi connectivity index (χ2v) is 5.67. The smallest absolute Gasteiger partial charge is 0.303 e. The maximum Gasteiger partial charge on any atom is 0.303 e. The third kappa shape index (κ3) is 3.79. The molecule has 6 nitrogen and oxygen atoms in total. The fourth-order valence-corrected chi connectivity index (χ4v) is 2.65. The molecular weight excluding hydrogens is 320 g/mol. The summed E-state index contributed by atoms with van der Waals surface area (Å²) in [6.45, 7) is 3.06. The number of carboxylic acid groups (broad SMARTS) is 1. The van der Waals surface area contributed by atoms with Crippen molar-refractivity contribution in [2.75, 3.05) is 13.2 Å². The summed E-state index contributed by atoms with van der Waals surface area (Å²) in [5, 5.41) is 10.5. The highest BCUT2D eigenvalue weighted by Gasteiger charge is 2.11. The van der Waals surface area contributed by atoms with Crippen LogP contribution in [0.2, 0.25) is 0 Å². The van der Waals surface area contributed by atoms with Crippen LogP contribution in [0.5, 0.6) is 11.5 Å². The number of hydrogen-bond acceptors (Lipinski definition) is 5. The van der Waals surface area contributed by atoms with Crippen LogP contribution >= 0.6 is 0 Å². The lowest BCUT2D eigenvalue weighted by Crippen LogP contribution is -2.02. The quantitative estimate of drug-likeness (QED) is 0.496. The molecule has 25 heavy (non-hydrogen) atoms. The molecule has 0 bridgehead atoms. The highest BCUT2D eigenvalue weighted by Crippen LogP contribution is 2.33. The van der Waals surface area contributed by atoms with Crippen LogP contribution in [-0.2, 0) is 4.79 Å². The second kappa shape index (κ2) is 7.79.